The number of benzene rings is 3. The van der Waals surface area contributed by atoms with Gasteiger partial charge in [-0.2, -0.15) is 5.26 Å². The average Bonchev–Trinajstić information content (AvgIpc) is 2.86. The number of ether oxygens (including phenoxy) is 4. The van der Waals surface area contributed by atoms with Gasteiger partial charge in [0, 0.05) is 16.1 Å². The van der Waals surface area contributed by atoms with E-state index in [2.05, 4.69) is 28.6 Å². The monoisotopic (exact) mass is 532 g/mol. The minimum absolute atomic E-state index is 0.00976. The molecule has 1 atom stereocenters. The summed E-state index contributed by atoms with van der Waals surface area (Å²) in [6, 6.07) is 21.6. The molecule has 0 radical (unpaired) electrons. The summed E-state index contributed by atoms with van der Waals surface area (Å²) in [5, 5.41) is 9.77. The Hall–Kier alpha value is -4.22. The quantitative estimate of drug-likeness (QED) is 0.241. The van der Waals surface area contributed by atoms with Crippen LogP contribution in [0.2, 0.25) is 0 Å². The van der Waals surface area contributed by atoms with Gasteiger partial charge < -0.3 is 24.7 Å². The van der Waals surface area contributed by atoms with Crippen LogP contribution in [0.5, 0.6) is 23.0 Å². The third-order valence-electron chi connectivity index (χ3n) is 5.15. The van der Waals surface area contributed by atoms with E-state index >= 15 is 0 Å². The molecule has 3 aromatic rings. The fourth-order valence-electron chi connectivity index (χ4n) is 3.62. The molecule has 35 heavy (non-hydrogen) atoms. The predicted molar refractivity (Wildman–Crippen MR) is 133 cm³/mol. The fraction of sp³-hybridized carbons (Fsp3) is 0.111. The van der Waals surface area contributed by atoms with Gasteiger partial charge in [-0.05, 0) is 48.0 Å². The maximum atomic E-state index is 12.3. The van der Waals surface area contributed by atoms with Crippen molar-refractivity contribution in [3.05, 3.63) is 106 Å². The third-order valence-corrected chi connectivity index (χ3v) is 5.68. The summed E-state index contributed by atoms with van der Waals surface area (Å²) in [6.07, 6.45) is 1.65. The number of carbonyl (C=O) groups excluding carboxylic acids is 1. The molecule has 0 saturated heterocycles. The first-order valence-corrected chi connectivity index (χ1v) is 11.4. The van der Waals surface area contributed by atoms with E-state index in [9.17, 15) is 10.1 Å². The van der Waals surface area contributed by atoms with Crippen LogP contribution in [0.3, 0.4) is 0 Å². The number of nitrogens with zero attached hydrogens (tertiary/aromatic N) is 1. The molecule has 1 heterocycles. The first-order chi connectivity index (χ1) is 17.0. The molecule has 7 nitrogen and oxygen atoms in total. The van der Waals surface area contributed by atoms with Crippen LogP contribution in [0.25, 0.3) is 0 Å². The lowest BCUT2D eigenvalue weighted by Crippen LogP contribution is -2.21. The molecular formula is C27H21BrN2O5. The second-order valence-corrected chi connectivity index (χ2v) is 8.43. The highest BCUT2D eigenvalue weighted by atomic mass is 79.9. The summed E-state index contributed by atoms with van der Waals surface area (Å²) in [5.41, 5.74) is 7.89. The number of allylic oxidation sites excluding steroid dienone is 1. The molecule has 0 amide bonds. The van der Waals surface area contributed by atoms with Crippen molar-refractivity contribution in [1.29, 1.82) is 5.26 Å². The summed E-state index contributed by atoms with van der Waals surface area (Å²) in [7, 11) is 0. The summed E-state index contributed by atoms with van der Waals surface area (Å²) in [5.74, 6) is 0.788. The molecule has 0 aliphatic carbocycles. The molecule has 0 spiro atoms. The highest BCUT2D eigenvalue weighted by Gasteiger charge is 2.31. The predicted octanol–water partition coefficient (Wildman–Crippen LogP) is 5.22. The van der Waals surface area contributed by atoms with E-state index in [4.69, 9.17) is 24.7 Å². The second-order valence-electron chi connectivity index (χ2n) is 7.51. The number of hydrogen-bond acceptors (Lipinski definition) is 7. The van der Waals surface area contributed by atoms with Crippen LogP contribution in [-0.2, 0) is 4.79 Å². The van der Waals surface area contributed by atoms with Crippen LogP contribution < -0.4 is 24.7 Å². The zero-order valence-corrected chi connectivity index (χ0v) is 20.2. The Morgan fingerprint density at radius 1 is 1.09 bits per heavy atom. The van der Waals surface area contributed by atoms with Gasteiger partial charge in [0.2, 0.25) is 5.88 Å². The number of esters is 1. The van der Waals surface area contributed by atoms with Crippen LogP contribution in [0.4, 0.5) is 0 Å². The van der Waals surface area contributed by atoms with Crippen molar-refractivity contribution in [2.75, 3.05) is 13.2 Å². The van der Waals surface area contributed by atoms with Gasteiger partial charge in [-0.1, -0.05) is 46.8 Å². The molecule has 0 aromatic heterocycles. The Kier molecular flexibility index (Phi) is 7.38. The number of halogens is 1. The summed E-state index contributed by atoms with van der Waals surface area (Å²) >= 11 is 3.35. The molecule has 1 aliphatic heterocycles. The van der Waals surface area contributed by atoms with Crippen molar-refractivity contribution in [1.82, 2.24) is 0 Å². The zero-order valence-electron chi connectivity index (χ0n) is 18.6. The minimum atomic E-state index is -0.575. The minimum Gasteiger partial charge on any atom is -0.490 e. The van der Waals surface area contributed by atoms with E-state index in [1.54, 1.807) is 36.4 Å². The maximum absolute atomic E-state index is 12.3. The Morgan fingerprint density at radius 2 is 1.86 bits per heavy atom. The molecule has 8 heteroatoms. The topological polar surface area (TPSA) is 104 Å². The molecule has 4 rings (SSSR count). The van der Waals surface area contributed by atoms with Gasteiger partial charge in [-0.15, -0.1) is 0 Å². The summed E-state index contributed by atoms with van der Waals surface area (Å²) in [4.78, 5) is 12.3. The standard InChI is InChI=1S/C27H21BrN2O5/c1-2-12-32-20-5-3-4-17(13-20)26-22-11-10-21(14-24(22)35-27(30)23(26)15-29)34-25(31)16-33-19-8-6-18(28)7-9-19/h2-11,13-14,26H,1,12,16,30H2. The number of hydrogen-bond donors (Lipinski definition) is 1. The lowest BCUT2D eigenvalue weighted by atomic mass is 9.83. The van der Waals surface area contributed by atoms with Crippen LogP contribution in [0, 0.1) is 11.3 Å². The Balaban J connectivity index is 1.55. The first kappa shape index (κ1) is 23.9. The molecule has 0 fully saturated rings. The first-order valence-electron chi connectivity index (χ1n) is 10.6. The van der Waals surface area contributed by atoms with Gasteiger partial charge in [0.1, 0.15) is 41.2 Å². The van der Waals surface area contributed by atoms with Crippen molar-refractivity contribution in [2.24, 2.45) is 5.73 Å². The second kappa shape index (κ2) is 10.8. The molecule has 1 unspecified atom stereocenters. The van der Waals surface area contributed by atoms with Gasteiger partial charge in [-0.25, -0.2) is 4.79 Å². The van der Waals surface area contributed by atoms with Crippen LogP contribution in [0.1, 0.15) is 17.0 Å². The smallest absolute Gasteiger partial charge is 0.349 e. The molecule has 176 valence electrons. The van der Waals surface area contributed by atoms with Crippen molar-refractivity contribution >= 4 is 21.9 Å². The Morgan fingerprint density at radius 3 is 2.60 bits per heavy atom. The molecule has 1 aliphatic rings. The number of fused-ring (bicyclic) bond motifs is 1. The largest absolute Gasteiger partial charge is 0.490 e. The number of carbonyl (C=O) groups is 1. The van der Waals surface area contributed by atoms with E-state index in [-0.39, 0.29) is 23.8 Å². The number of nitriles is 1. The van der Waals surface area contributed by atoms with Crippen molar-refractivity contribution in [3.63, 3.8) is 0 Å². The van der Waals surface area contributed by atoms with Crippen molar-refractivity contribution in [2.45, 2.75) is 5.92 Å². The number of rotatable bonds is 8. The van der Waals surface area contributed by atoms with Crippen molar-refractivity contribution < 1.29 is 23.7 Å². The van der Waals surface area contributed by atoms with E-state index in [1.165, 1.54) is 0 Å². The Bertz CT molecular complexity index is 1330. The maximum Gasteiger partial charge on any atom is 0.349 e. The van der Waals surface area contributed by atoms with Crippen LogP contribution in [-0.4, -0.2) is 19.2 Å². The normalized spacial score (nSPS) is 14.2. The lowest BCUT2D eigenvalue weighted by Gasteiger charge is -2.27. The zero-order chi connectivity index (χ0) is 24.8. The van der Waals surface area contributed by atoms with Gasteiger partial charge in [0.15, 0.2) is 6.61 Å². The lowest BCUT2D eigenvalue weighted by molar-refractivity contribution is -0.136. The molecule has 0 saturated carbocycles. The summed E-state index contributed by atoms with van der Waals surface area (Å²) in [6.45, 7) is 3.75. The van der Waals surface area contributed by atoms with Crippen LogP contribution >= 0.6 is 15.9 Å². The Labute approximate surface area is 211 Å². The van der Waals surface area contributed by atoms with Gasteiger partial charge in [-0.3, -0.25) is 0 Å². The van der Waals surface area contributed by atoms with E-state index in [1.807, 2.05) is 36.4 Å². The number of nitrogens with two attached hydrogens (primary N) is 1. The van der Waals surface area contributed by atoms with Crippen molar-refractivity contribution in [3.8, 4) is 29.1 Å². The van der Waals surface area contributed by atoms with E-state index in [0.717, 1.165) is 10.0 Å². The fourth-order valence-corrected chi connectivity index (χ4v) is 3.88. The van der Waals surface area contributed by atoms with Gasteiger partial charge in [0.05, 0.1) is 5.92 Å². The molecular weight excluding hydrogens is 512 g/mol. The van der Waals surface area contributed by atoms with E-state index < -0.39 is 11.9 Å². The molecule has 0 bridgehead atoms. The summed E-state index contributed by atoms with van der Waals surface area (Å²) < 4.78 is 23.1. The molecule has 2 N–H and O–H groups in total. The van der Waals surface area contributed by atoms with E-state index in [0.29, 0.717) is 29.4 Å². The third kappa shape index (κ3) is 5.65. The highest BCUT2D eigenvalue weighted by molar-refractivity contribution is 9.10. The average molecular weight is 533 g/mol. The molecule has 3 aromatic carbocycles. The SMILES string of the molecule is C=CCOc1cccc(C2C(C#N)=C(N)Oc3cc(OC(=O)COc4ccc(Br)cc4)ccc32)c1. The van der Waals surface area contributed by atoms with Gasteiger partial charge >= 0.3 is 5.97 Å². The highest BCUT2D eigenvalue weighted by Crippen LogP contribution is 2.44. The van der Waals surface area contributed by atoms with Gasteiger partial charge in [0.25, 0.3) is 0 Å². The van der Waals surface area contributed by atoms with Crippen LogP contribution in [0.15, 0.2) is 95.3 Å².